The minimum Gasteiger partial charge on any atom is -0.306 e. The van der Waals surface area contributed by atoms with E-state index in [1.807, 2.05) is 51.1 Å². The van der Waals surface area contributed by atoms with E-state index in [1.165, 1.54) is 0 Å². The normalized spacial score (nSPS) is 15.5. The van der Waals surface area contributed by atoms with Gasteiger partial charge < -0.3 is 5.32 Å². The Morgan fingerprint density at radius 2 is 1.79 bits per heavy atom. The number of benzene rings is 2. The molecule has 6 heteroatoms. The average molecular weight is 394 g/mol. The van der Waals surface area contributed by atoms with Gasteiger partial charge in [0, 0.05) is 21.9 Å². The van der Waals surface area contributed by atoms with Gasteiger partial charge in [-0.2, -0.15) is 5.10 Å². The summed E-state index contributed by atoms with van der Waals surface area (Å²) in [6.07, 6.45) is 0. The molecule has 0 bridgehead atoms. The number of carbonyl (C=O) groups is 1. The molecular weight excluding hydrogens is 370 g/mol. The van der Waals surface area contributed by atoms with Crippen molar-refractivity contribution < 1.29 is 9.00 Å². The van der Waals surface area contributed by atoms with Crippen molar-refractivity contribution in [1.29, 1.82) is 0 Å². The van der Waals surface area contributed by atoms with Gasteiger partial charge in [0.2, 0.25) is 0 Å². The molecule has 1 aromatic heterocycles. The molecule has 4 rings (SSSR count). The molecule has 2 heterocycles. The molecule has 144 valence electrons. The first kappa shape index (κ1) is 18.6. The van der Waals surface area contributed by atoms with Crippen LogP contribution in [0.3, 0.4) is 0 Å². The Kier molecular flexibility index (Phi) is 4.67. The highest BCUT2D eigenvalue weighted by atomic mass is 32.2. The van der Waals surface area contributed by atoms with Gasteiger partial charge in [-0.1, -0.05) is 29.3 Å². The van der Waals surface area contributed by atoms with Crippen molar-refractivity contribution in [2.45, 2.75) is 39.2 Å². The standard InChI is InChI=1S/C22H23N3O2S/c1-13-8-14(2)10-17(9-13)22(26)23-21-18-11-28(27)12-19(18)24-25(21)20-7-5-6-15(3)16(20)4/h5-10H,11-12H2,1-4H3,(H,23,26)/t28-/m0/s1. The van der Waals surface area contributed by atoms with E-state index in [2.05, 4.69) is 18.3 Å². The van der Waals surface area contributed by atoms with Gasteiger partial charge in [-0.05, 0) is 57.0 Å². The SMILES string of the molecule is Cc1cc(C)cc(C(=O)Nc2c3c(nn2-c2cccc(C)c2C)C[S@@](=O)C3)c1. The Balaban J connectivity index is 1.80. The zero-order valence-corrected chi connectivity index (χ0v) is 17.3. The number of nitrogens with zero attached hydrogens (tertiary/aromatic N) is 2. The van der Waals surface area contributed by atoms with Gasteiger partial charge in [0.15, 0.2) is 0 Å². The fraction of sp³-hybridized carbons (Fsp3) is 0.273. The highest BCUT2D eigenvalue weighted by molar-refractivity contribution is 7.83. The Labute approximate surface area is 167 Å². The van der Waals surface area contributed by atoms with Crippen molar-refractivity contribution >= 4 is 22.5 Å². The van der Waals surface area contributed by atoms with Crippen molar-refractivity contribution in [2.24, 2.45) is 0 Å². The van der Waals surface area contributed by atoms with Gasteiger partial charge in [-0.3, -0.25) is 9.00 Å². The van der Waals surface area contributed by atoms with Crippen molar-refractivity contribution in [3.8, 4) is 5.69 Å². The van der Waals surface area contributed by atoms with Gasteiger partial charge in [0.25, 0.3) is 5.91 Å². The van der Waals surface area contributed by atoms with Crippen molar-refractivity contribution in [2.75, 3.05) is 5.32 Å². The minimum atomic E-state index is -0.967. The van der Waals surface area contributed by atoms with E-state index in [4.69, 9.17) is 5.10 Å². The van der Waals surface area contributed by atoms with Crippen LogP contribution in [0, 0.1) is 27.7 Å². The molecule has 0 aliphatic carbocycles. The molecule has 1 aliphatic rings. The molecule has 1 N–H and O–H groups in total. The highest BCUT2D eigenvalue weighted by Crippen LogP contribution is 2.33. The zero-order chi connectivity index (χ0) is 20.0. The molecule has 2 aromatic carbocycles. The van der Waals surface area contributed by atoms with Crippen LogP contribution in [0.2, 0.25) is 0 Å². The van der Waals surface area contributed by atoms with E-state index in [0.717, 1.165) is 39.2 Å². The predicted octanol–water partition coefficient (Wildman–Crippen LogP) is 4.12. The number of fused-ring (bicyclic) bond motifs is 1. The number of rotatable bonds is 3. The molecule has 1 atom stereocenters. The number of anilines is 1. The van der Waals surface area contributed by atoms with Crippen LogP contribution >= 0.6 is 0 Å². The summed E-state index contributed by atoms with van der Waals surface area (Å²) in [6, 6.07) is 11.8. The summed E-state index contributed by atoms with van der Waals surface area (Å²) in [4.78, 5) is 13.0. The van der Waals surface area contributed by atoms with Crippen LogP contribution in [0.25, 0.3) is 5.69 Å². The number of hydrogen-bond donors (Lipinski definition) is 1. The summed E-state index contributed by atoms with van der Waals surface area (Å²) in [5.41, 5.74) is 7.55. The maximum Gasteiger partial charge on any atom is 0.256 e. The fourth-order valence-corrected chi connectivity index (χ4v) is 4.95. The average Bonchev–Trinajstić information content (AvgIpc) is 3.13. The van der Waals surface area contributed by atoms with E-state index >= 15 is 0 Å². The third-order valence-corrected chi connectivity index (χ3v) is 6.40. The first-order chi connectivity index (χ1) is 13.3. The number of carbonyl (C=O) groups excluding carboxylic acids is 1. The number of aromatic nitrogens is 2. The molecule has 1 aliphatic heterocycles. The second kappa shape index (κ2) is 7.02. The summed E-state index contributed by atoms with van der Waals surface area (Å²) in [6.45, 7) is 8.06. The molecule has 0 radical (unpaired) electrons. The van der Waals surface area contributed by atoms with E-state index in [9.17, 15) is 9.00 Å². The maximum atomic E-state index is 13.0. The second-order valence-electron chi connectivity index (χ2n) is 7.46. The molecule has 0 spiro atoms. The van der Waals surface area contributed by atoms with Crippen LogP contribution in [-0.2, 0) is 22.3 Å². The number of hydrogen-bond acceptors (Lipinski definition) is 3. The van der Waals surface area contributed by atoms with Gasteiger partial charge in [-0.25, -0.2) is 4.68 Å². The van der Waals surface area contributed by atoms with E-state index in [-0.39, 0.29) is 5.91 Å². The van der Waals surface area contributed by atoms with Crippen LogP contribution in [0.1, 0.15) is 43.9 Å². The lowest BCUT2D eigenvalue weighted by Gasteiger charge is -2.14. The van der Waals surface area contributed by atoms with Crippen LogP contribution in [0.4, 0.5) is 5.82 Å². The maximum absolute atomic E-state index is 13.0. The minimum absolute atomic E-state index is 0.182. The van der Waals surface area contributed by atoms with Gasteiger partial charge in [0.05, 0.1) is 22.9 Å². The van der Waals surface area contributed by atoms with E-state index in [0.29, 0.717) is 22.9 Å². The van der Waals surface area contributed by atoms with Gasteiger partial charge in [-0.15, -0.1) is 0 Å². The zero-order valence-electron chi connectivity index (χ0n) is 16.5. The predicted molar refractivity (Wildman–Crippen MR) is 112 cm³/mol. The lowest BCUT2D eigenvalue weighted by atomic mass is 10.1. The smallest absolute Gasteiger partial charge is 0.256 e. The first-order valence-corrected chi connectivity index (χ1v) is 10.7. The fourth-order valence-electron chi connectivity index (χ4n) is 3.68. The topological polar surface area (TPSA) is 64.0 Å². The molecule has 3 aromatic rings. The largest absolute Gasteiger partial charge is 0.306 e. The summed E-state index contributed by atoms with van der Waals surface area (Å²) < 4.78 is 13.9. The van der Waals surface area contributed by atoms with E-state index < -0.39 is 10.8 Å². The Bertz CT molecular complexity index is 1110. The highest BCUT2D eigenvalue weighted by Gasteiger charge is 2.29. The molecule has 1 amide bonds. The lowest BCUT2D eigenvalue weighted by Crippen LogP contribution is -2.17. The third-order valence-electron chi connectivity index (χ3n) is 5.19. The van der Waals surface area contributed by atoms with Gasteiger partial charge in [0.1, 0.15) is 5.82 Å². The van der Waals surface area contributed by atoms with Crippen LogP contribution in [0.5, 0.6) is 0 Å². The molecular formula is C22H23N3O2S. The van der Waals surface area contributed by atoms with Crippen molar-refractivity contribution in [3.63, 3.8) is 0 Å². The summed E-state index contributed by atoms with van der Waals surface area (Å²) in [7, 11) is -0.967. The molecule has 5 nitrogen and oxygen atoms in total. The van der Waals surface area contributed by atoms with Crippen molar-refractivity contribution in [3.05, 3.63) is 75.5 Å². The molecule has 28 heavy (non-hydrogen) atoms. The molecule has 0 unspecified atom stereocenters. The van der Waals surface area contributed by atoms with Crippen LogP contribution in [-0.4, -0.2) is 19.9 Å². The number of aryl methyl sites for hydroxylation is 3. The quantitative estimate of drug-likeness (QED) is 0.728. The van der Waals surface area contributed by atoms with E-state index in [1.54, 1.807) is 4.68 Å². The lowest BCUT2D eigenvalue weighted by molar-refractivity contribution is 0.102. The summed E-state index contributed by atoms with van der Waals surface area (Å²) in [5.74, 6) is 1.29. The summed E-state index contributed by atoms with van der Waals surface area (Å²) >= 11 is 0. The number of nitrogens with one attached hydrogen (secondary N) is 1. The molecule has 0 saturated carbocycles. The Morgan fingerprint density at radius 1 is 1.07 bits per heavy atom. The summed E-state index contributed by atoms with van der Waals surface area (Å²) in [5, 5.41) is 7.76. The number of amides is 1. The molecule has 0 fully saturated rings. The second-order valence-corrected chi connectivity index (χ2v) is 8.92. The third kappa shape index (κ3) is 3.29. The van der Waals surface area contributed by atoms with Crippen LogP contribution < -0.4 is 5.32 Å². The van der Waals surface area contributed by atoms with Crippen molar-refractivity contribution in [1.82, 2.24) is 9.78 Å². The first-order valence-electron chi connectivity index (χ1n) is 9.25. The monoisotopic (exact) mass is 393 g/mol. The van der Waals surface area contributed by atoms with Gasteiger partial charge >= 0.3 is 0 Å². The Morgan fingerprint density at radius 3 is 2.50 bits per heavy atom. The Hall–Kier alpha value is -2.73. The van der Waals surface area contributed by atoms with Crippen LogP contribution in [0.15, 0.2) is 36.4 Å². The molecule has 0 saturated heterocycles.